The first-order chi connectivity index (χ1) is 6.42. The van der Waals surface area contributed by atoms with Crippen molar-refractivity contribution in [1.29, 1.82) is 0 Å². The van der Waals surface area contributed by atoms with Crippen LogP contribution in [0.15, 0.2) is 24.5 Å². The van der Waals surface area contributed by atoms with Crippen molar-refractivity contribution in [2.45, 2.75) is 25.3 Å². The van der Waals surface area contributed by atoms with Crippen molar-refractivity contribution in [3.05, 3.63) is 30.1 Å². The molecule has 0 radical (unpaired) electrons. The predicted octanol–water partition coefficient (Wildman–Crippen LogP) is 1.39. The Morgan fingerprint density at radius 1 is 1.54 bits per heavy atom. The van der Waals surface area contributed by atoms with Gasteiger partial charge in [0.15, 0.2) is 0 Å². The molecule has 0 saturated heterocycles. The van der Waals surface area contributed by atoms with E-state index in [1.54, 1.807) is 6.20 Å². The Labute approximate surface area is 78.3 Å². The molecule has 1 atom stereocenters. The van der Waals surface area contributed by atoms with E-state index in [4.69, 9.17) is 5.84 Å². The molecule has 1 saturated carbocycles. The van der Waals surface area contributed by atoms with Gasteiger partial charge in [0, 0.05) is 12.4 Å². The summed E-state index contributed by atoms with van der Waals surface area (Å²) in [7, 11) is 0. The third-order valence-corrected chi connectivity index (χ3v) is 2.84. The molecule has 1 heterocycles. The van der Waals surface area contributed by atoms with E-state index < -0.39 is 0 Å². The topological polar surface area (TPSA) is 50.9 Å². The van der Waals surface area contributed by atoms with Crippen LogP contribution in [0.4, 0.5) is 0 Å². The number of pyridine rings is 1. The van der Waals surface area contributed by atoms with E-state index in [0.29, 0.717) is 12.0 Å². The van der Waals surface area contributed by atoms with Crippen LogP contribution < -0.4 is 11.3 Å². The molecule has 0 aliphatic heterocycles. The molecule has 3 heteroatoms. The van der Waals surface area contributed by atoms with E-state index in [1.807, 2.05) is 12.3 Å². The van der Waals surface area contributed by atoms with E-state index in [0.717, 1.165) is 0 Å². The normalized spacial score (nSPS) is 19.5. The van der Waals surface area contributed by atoms with Gasteiger partial charge in [-0.25, -0.2) is 0 Å². The van der Waals surface area contributed by atoms with Gasteiger partial charge in [-0.2, -0.15) is 0 Å². The van der Waals surface area contributed by atoms with Crippen molar-refractivity contribution in [1.82, 2.24) is 10.4 Å². The van der Waals surface area contributed by atoms with E-state index in [2.05, 4.69) is 16.5 Å². The zero-order valence-electron chi connectivity index (χ0n) is 7.61. The fraction of sp³-hybridized carbons (Fsp3) is 0.500. The molecule has 0 bridgehead atoms. The van der Waals surface area contributed by atoms with Crippen molar-refractivity contribution in [2.75, 3.05) is 0 Å². The fourth-order valence-electron chi connectivity index (χ4n) is 1.84. The van der Waals surface area contributed by atoms with E-state index >= 15 is 0 Å². The van der Waals surface area contributed by atoms with Crippen molar-refractivity contribution in [3.8, 4) is 0 Å². The summed E-state index contributed by atoms with van der Waals surface area (Å²) in [5.41, 5.74) is 4.08. The first-order valence-corrected chi connectivity index (χ1v) is 4.78. The Hall–Kier alpha value is -0.930. The van der Waals surface area contributed by atoms with Crippen molar-refractivity contribution >= 4 is 0 Å². The Bertz CT molecular complexity index is 256. The molecular weight excluding hydrogens is 162 g/mol. The fourth-order valence-corrected chi connectivity index (χ4v) is 1.84. The Morgan fingerprint density at radius 3 is 2.85 bits per heavy atom. The highest BCUT2D eigenvalue weighted by Gasteiger charge is 2.27. The van der Waals surface area contributed by atoms with Crippen LogP contribution in [0.25, 0.3) is 0 Å². The summed E-state index contributed by atoms with van der Waals surface area (Å²) in [4.78, 5) is 4.10. The lowest BCUT2D eigenvalue weighted by molar-refractivity contribution is 0.232. The van der Waals surface area contributed by atoms with Gasteiger partial charge in [0.25, 0.3) is 0 Å². The van der Waals surface area contributed by atoms with Crippen LogP contribution in [0.2, 0.25) is 0 Å². The minimum absolute atomic E-state index is 0.294. The Kier molecular flexibility index (Phi) is 2.57. The summed E-state index contributed by atoms with van der Waals surface area (Å²) in [6.45, 7) is 0. The number of nitrogens with zero attached hydrogens (tertiary/aromatic N) is 1. The number of aromatic nitrogens is 1. The molecule has 1 fully saturated rings. The first-order valence-electron chi connectivity index (χ1n) is 4.78. The Balaban J connectivity index is 2.12. The molecule has 3 N–H and O–H groups in total. The molecule has 1 aromatic rings. The Morgan fingerprint density at radius 2 is 2.38 bits per heavy atom. The van der Waals surface area contributed by atoms with Gasteiger partial charge in [0.2, 0.25) is 0 Å². The lowest BCUT2D eigenvalue weighted by Gasteiger charge is -2.33. The molecule has 0 spiro atoms. The maximum atomic E-state index is 5.54. The maximum absolute atomic E-state index is 5.54. The highest BCUT2D eigenvalue weighted by Crippen LogP contribution is 2.36. The van der Waals surface area contributed by atoms with E-state index in [-0.39, 0.29) is 0 Å². The van der Waals surface area contributed by atoms with Crippen LogP contribution >= 0.6 is 0 Å². The SMILES string of the molecule is NNC(c1cccnc1)C1CCC1. The quantitative estimate of drug-likeness (QED) is 0.542. The van der Waals surface area contributed by atoms with Gasteiger partial charge in [-0.3, -0.25) is 16.3 Å². The molecule has 13 heavy (non-hydrogen) atoms. The lowest BCUT2D eigenvalue weighted by Crippen LogP contribution is -2.36. The lowest BCUT2D eigenvalue weighted by atomic mass is 9.78. The third kappa shape index (κ3) is 1.71. The van der Waals surface area contributed by atoms with Gasteiger partial charge in [0.1, 0.15) is 0 Å². The van der Waals surface area contributed by atoms with Gasteiger partial charge in [0.05, 0.1) is 6.04 Å². The predicted molar refractivity (Wildman–Crippen MR) is 51.6 cm³/mol. The van der Waals surface area contributed by atoms with Crippen LogP contribution in [0.1, 0.15) is 30.9 Å². The molecule has 0 amide bonds. The standard InChI is InChI=1S/C10H15N3/c11-13-10(8-3-1-4-8)9-5-2-6-12-7-9/h2,5-8,10,13H,1,3-4,11H2. The monoisotopic (exact) mass is 177 g/mol. The molecule has 1 aliphatic rings. The number of nitrogens with one attached hydrogen (secondary N) is 1. The molecular formula is C10H15N3. The van der Waals surface area contributed by atoms with Crippen LogP contribution in [-0.4, -0.2) is 4.98 Å². The zero-order valence-corrected chi connectivity index (χ0v) is 7.61. The number of hydrogen-bond donors (Lipinski definition) is 2. The first kappa shape index (κ1) is 8.66. The molecule has 1 aromatic heterocycles. The van der Waals surface area contributed by atoms with Gasteiger partial charge < -0.3 is 0 Å². The van der Waals surface area contributed by atoms with Crippen LogP contribution in [0.3, 0.4) is 0 Å². The summed E-state index contributed by atoms with van der Waals surface area (Å²) in [5.74, 6) is 6.24. The summed E-state index contributed by atoms with van der Waals surface area (Å²) < 4.78 is 0. The van der Waals surface area contributed by atoms with Crippen LogP contribution in [-0.2, 0) is 0 Å². The summed E-state index contributed by atoms with van der Waals surface area (Å²) in [6, 6.07) is 4.33. The van der Waals surface area contributed by atoms with Crippen molar-refractivity contribution in [3.63, 3.8) is 0 Å². The summed E-state index contributed by atoms with van der Waals surface area (Å²) in [5, 5.41) is 0. The van der Waals surface area contributed by atoms with E-state index in [1.165, 1.54) is 24.8 Å². The number of hydrazine groups is 1. The minimum Gasteiger partial charge on any atom is -0.271 e. The highest BCUT2D eigenvalue weighted by atomic mass is 15.2. The van der Waals surface area contributed by atoms with Crippen molar-refractivity contribution in [2.24, 2.45) is 11.8 Å². The second kappa shape index (κ2) is 3.85. The van der Waals surface area contributed by atoms with Gasteiger partial charge in [-0.1, -0.05) is 12.5 Å². The number of nitrogens with two attached hydrogens (primary N) is 1. The second-order valence-electron chi connectivity index (χ2n) is 3.62. The van der Waals surface area contributed by atoms with E-state index in [9.17, 15) is 0 Å². The van der Waals surface area contributed by atoms with Gasteiger partial charge in [-0.05, 0) is 30.4 Å². The minimum atomic E-state index is 0.294. The average Bonchev–Trinajstić information content (AvgIpc) is 2.12. The average molecular weight is 177 g/mol. The number of rotatable bonds is 3. The molecule has 3 nitrogen and oxygen atoms in total. The maximum Gasteiger partial charge on any atom is 0.0503 e. The van der Waals surface area contributed by atoms with Gasteiger partial charge >= 0.3 is 0 Å². The number of hydrogen-bond acceptors (Lipinski definition) is 3. The molecule has 70 valence electrons. The second-order valence-corrected chi connectivity index (χ2v) is 3.62. The molecule has 0 aromatic carbocycles. The zero-order chi connectivity index (χ0) is 9.10. The summed E-state index contributed by atoms with van der Waals surface area (Å²) in [6.07, 6.45) is 7.58. The smallest absolute Gasteiger partial charge is 0.0503 e. The summed E-state index contributed by atoms with van der Waals surface area (Å²) >= 11 is 0. The third-order valence-electron chi connectivity index (χ3n) is 2.84. The van der Waals surface area contributed by atoms with Gasteiger partial charge in [-0.15, -0.1) is 0 Å². The highest BCUT2D eigenvalue weighted by molar-refractivity contribution is 5.15. The molecule has 2 rings (SSSR count). The van der Waals surface area contributed by atoms with Crippen molar-refractivity contribution < 1.29 is 0 Å². The van der Waals surface area contributed by atoms with Crippen LogP contribution in [0.5, 0.6) is 0 Å². The molecule has 1 aliphatic carbocycles. The molecule has 1 unspecified atom stereocenters. The largest absolute Gasteiger partial charge is 0.271 e. The van der Waals surface area contributed by atoms with Crippen LogP contribution in [0, 0.1) is 5.92 Å².